The van der Waals surface area contributed by atoms with Crippen molar-refractivity contribution in [2.45, 2.75) is 6.54 Å². The van der Waals surface area contributed by atoms with E-state index in [1.807, 2.05) is 30.3 Å². The van der Waals surface area contributed by atoms with E-state index in [2.05, 4.69) is 4.98 Å². The molecule has 4 heteroatoms. The number of pyridine rings is 1. The summed E-state index contributed by atoms with van der Waals surface area (Å²) in [6.45, 7) is 0.314. The quantitative estimate of drug-likeness (QED) is 0.749. The second-order valence-corrected chi connectivity index (χ2v) is 4.03. The van der Waals surface area contributed by atoms with Crippen molar-refractivity contribution < 1.29 is 4.39 Å². The van der Waals surface area contributed by atoms with Crippen LogP contribution in [0.25, 0.3) is 16.9 Å². The number of nitrogens with two attached hydrogens (primary N) is 1. The zero-order valence-electron chi connectivity index (χ0n) is 9.68. The van der Waals surface area contributed by atoms with Crippen LogP contribution in [0.4, 0.5) is 4.39 Å². The number of fused-ring (bicyclic) bond motifs is 1. The molecule has 0 fully saturated rings. The van der Waals surface area contributed by atoms with Crippen LogP contribution in [0.2, 0.25) is 0 Å². The molecule has 3 nitrogen and oxygen atoms in total. The maximum Gasteiger partial charge on any atom is 0.174 e. The Bertz CT molecular complexity index is 689. The van der Waals surface area contributed by atoms with Crippen LogP contribution in [0.1, 0.15) is 5.69 Å². The number of imidazole rings is 1. The van der Waals surface area contributed by atoms with Gasteiger partial charge in [-0.2, -0.15) is 0 Å². The van der Waals surface area contributed by atoms with Crippen molar-refractivity contribution in [3.63, 3.8) is 0 Å². The predicted octanol–water partition coefficient (Wildman–Crippen LogP) is 2.60. The summed E-state index contributed by atoms with van der Waals surface area (Å²) < 4.78 is 15.4. The van der Waals surface area contributed by atoms with Gasteiger partial charge < -0.3 is 5.73 Å². The van der Waals surface area contributed by atoms with E-state index < -0.39 is 0 Å². The molecule has 3 rings (SSSR count). The van der Waals surface area contributed by atoms with E-state index in [-0.39, 0.29) is 5.82 Å². The Balaban J connectivity index is 2.33. The van der Waals surface area contributed by atoms with Crippen LogP contribution in [0.5, 0.6) is 0 Å². The molecular formula is C14H12FN3. The van der Waals surface area contributed by atoms with Crippen LogP contribution >= 0.6 is 0 Å². The van der Waals surface area contributed by atoms with Crippen molar-refractivity contribution in [3.05, 3.63) is 60.2 Å². The Hall–Kier alpha value is -2.20. The molecule has 90 valence electrons. The van der Waals surface area contributed by atoms with Crippen molar-refractivity contribution in [2.75, 3.05) is 0 Å². The van der Waals surface area contributed by atoms with E-state index in [0.29, 0.717) is 12.2 Å². The first kappa shape index (κ1) is 10.9. The van der Waals surface area contributed by atoms with Crippen molar-refractivity contribution in [3.8, 4) is 11.3 Å². The number of nitrogens with zero attached hydrogens (tertiary/aromatic N) is 2. The topological polar surface area (TPSA) is 43.3 Å². The van der Waals surface area contributed by atoms with Gasteiger partial charge in [0, 0.05) is 18.3 Å². The van der Waals surface area contributed by atoms with Crippen LogP contribution in [0.15, 0.2) is 48.7 Å². The molecule has 0 bridgehead atoms. The normalized spacial score (nSPS) is 11.0. The van der Waals surface area contributed by atoms with E-state index in [1.54, 1.807) is 16.7 Å². The first-order valence-electron chi connectivity index (χ1n) is 5.72. The predicted molar refractivity (Wildman–Crippen MR) is 68.5 cm³/mol. The molecule has 0 spiro atoms. The maximum absolute atomic E-state index is 13.7. The smallest absolute Gasteiger partial charge is 0.174 e. The molecular weight excluding hydrogens is 229 g/mol. The Kier molecular flexibility index (Phi) is 2.57. The van der Waals surface area contributed by atoms with Crippen LogP contribution in [0, 0.1) is 5.82 Å². The third-order valence-corrected chi connectivity index (χ3v) is 2.94. The van der Waals surface area contributed by atoms with Gasteiger partial charge in [-0.3, -0.25) is 4.40 Å². The molecule has 0 unspecified atom stereocenters. The van der Waals surface area contributed by atoms with Gasteiger partial charge in [0.2, 0.25) is 0 Å². The summed E-state index contributed by atoms with van der Waals surface area (Å²) in [4.78, 5) is 4.36. The molecule has 0 amide bonds. The van der Waals surface area contributed by atoms with Gasteiger partial charge in [0.25, 0.3) is 0 Å². The standard InChI is InChI=1S/C14H12FN3/c15-11-7-4-8-18-12(9-16)13(17-14(11)18)10-5-2-1-3-6-10/h1-8H,9,16H2. The summed E-state index contributed by atoms with van der Waals surface area (Å²) in [7, 11) is 0. The van der Waals surface area contributed by atoms with Gasteiger partial charge in [0.15, 0.2) is 11.5 Å². The van der Waals surface area contributed by atoms with E-state index in [9.17, 15) is 4.39 Å². The zero-order valence-corrected chi connectivity index (χ0v) is 9.68. The Labute approximate surface area is 104 Å². The van der Waals surface area contributed by atoms with E-state index >= 15 is 0 Å². The minimum atomic E-state index is -0.339. The molecule has 2 heterocycles. The molecule has 2 aromatic heterocycles. The zero-order chi connectivity index (χ0) is 12.5. The summed E-state index contributed by atoms with van der Waals surface area (Å²) in [6.07, 6.45) is 1.78. The van der Waals surface area contributed by atoms with Crippen molar-refractivity contribution >= 4 is 5.65 Å². The van der Waals surface area contributed by atoms with Crippen LogP contribution in [-0.4, -0.2) is 9.38 Å². The molecule has 2 N–H and O–H groups in total. The highest BCUT2D eigenvalue weighted by Gasteiger charge is 2.14. The lowest BCUT2D eigenvalue weighted by Crippen LogP contribution is -2.02. The largest absolute Gasteiger partial charge is 0.325 e. The molecule has 0 aliphatic heterocycles. The van der Waals surface area contributed by atoms with Crippen molar-refractivity contribution in [1.29, 1.82) is 0 Å². The molecule has 1 aromatic carbocycles. The lowest BCUT2D eigenvalue weighted by Gasteiger charge is -2.01. The van der Waals surface area contributed by atoms with Gasteiger partial charge in [-0.15, -0.1) is 0 Å². The van der Waals surface area contributed by atoms with Crippen molar-refractivity contribution in [1.82, 2.24) is 9.38 Å². The lowest BCUT2D eigenvalue weighted by molar-refractivity contribution is 0.629. The first-order valence-corrected chi connectivity index (χ1v) is 5.72. The number of hydrogen-bond donors (Lipinski definition) is 1. The van der Waals surface area contributed by atoms with Gasteiger partial charge in [0.05, 0.1) is 11.4 Å². The molecule has 18 heavy (non-hydrogen) atoms. The molecule has 0 atom stereocenters. The maximum atomic E-state index is 13.7. The highest BCUT2D eigenvalue weighted by Crippen LogP contribution is 2.24. The highest BCUT2D eigenvalue weighted by atomic mass is 19.1. The molecule has 0 aliphatic carbocycles. The van der Waals surface area contributed by atoms with Crippen LogP contribution < -0.4 is 5.73 Å². The number of hydrogen-bond acceptors (Lipinski definition) is 2. The van der Waals surface area contributed by atoms with E-state index in [1.165, 1.54) is 6.07 Å². The Morgan fingerprint density at radius 1 is 1.11 bits per heavy atom. The van der Waals surface area contributed by atoms with E-state index in [4.69, 9.17) is 5.73 Å². The molecule has 0 saturated heterocycles. The summed E-state index contributed by atoms with van der Waals surface area (Å²) >= 11 is 0. The molecule has 0 radical (unpaired) electrons. The summed E-state index contributed by atoms with van der Waals surface area (Å²) in [5.41, 5.74) is 8.58. The Morgan fingerprint density at radius 2 is 1.89 bits per heavy atom. The number of halogens is 1. The fourth-order valence-corrected chi connectivity index (χ4v) is 2.11. The second-order valence-electron chi connectivity index (χ2n) is 4.03. The van der Waals surface area contributed by atoms with E-state index in [0.717, 1.165) is 17.0 Å². The summed E-state index contributed by atoms with van der Waals surface area (Å²) in [6, 6.07) is 12.7. The van der Waals surface area contributed by atoms with Gasteiger partial charge in [-0.1, -0.05) is 30.3 Å². The number of aromatic nitrogens is 2. The fourth-order valence-electron chi connectivity index (χ4n) is 2.11. The van der Waals surface area contributed by atoms with Gasteiger partial charge in [-0.05, 0) is 12.1 Å². The van der Waals surface area contributed by atoms with Gasteiger partial charge in [0.1, 0.15) is 0 Å². The monoisotopic (exact) mass is 241 g/mol. The SMILES string of the molecule is NCc1c(-c2ccccc2)nc2c(F)cccn12. The van der Waals surface area contributed by atoms with Crippen LogP contribution in [-0.2, 0) is 6.54 Å². The average Bonchev–Trinajstić information content (AvgIpc) is 2.80. The molecule has 3 aromatic rings. The lowest BCUT2D eigenvalue weighted by atomic mass is 10.1. The number of benzene rings is 1. The third-order valence-electron chi connectivity index (χ3n) is 2.94. The minimum absolute atomic E-state index is 0.314. The van der Waals surface area contributed by atoms with Crippen molar-refractivity contribution in [2.24, 2.45) is 5.73 Å². The summed E-state index contributed by atoms with van der Waals surface area (Å²) in [5.74, 6) is -0.339. The first-order chi connectivity index (χ1) is 8.81. The fraction of sp³-hybridized carbons (Fsp3) is 0.0714. The highest BCUT2D eigenvalue weighted by molar-refractivity contribution is 5.66. The minimum Gasteiger partial charge on any atom is -0.325 e. The third kappa shape index (κ3) is 1.58. The molecule has 0 saturated carbocycles. The Morgan fingerprint density at radius 3 is 2.61 bits per heavy atom. The molecule has 0 aliphatic rings. The second kappa shape index (κ2) is 4.23. The van der Waals surface area contributed by atoms with Gasteiger partial charge >= 0.3 is 0 Å². The average molecular weight is 241 g/mol. The van der Waals surface area contributed by atoms with Gasteiger partial charge in [-0.25, -0.2) is 9.37 Å². The summed E-state index contributed by atoms with van der Waals surface area (Å²) in [5, 5.41) is 0. The number of rotatable bonds is 2. The van der Waals surface area contributed by atoms with Crippen LogP contribution in [0.3, 0.4) is 0 Å².